The SMILES string of the molecule is Cc1nn(CCC(=O)O)c(C)c1S(=O)(=O)NCCC1CC1. The van der Waals surface area contributed by atoms with Gasteiger partial charge in [-0.15, -0.1) is 0 Å². The first-order chi connectivity index (χ1) is 9.81. The summed E-state index contributed by atoms with van der Waals surface area (Å²) in [7, 11) is -3.59. The molecule has 0 aliphatic heterocycles. The summed E-state index contributed by atoms with van der Waals surface area (Å²) < 4.78 is 28.7. The number of aromatic nitrogens is 2. The number of nitrogens with zero attached hydrogens (tertiary/aromatic N) is 2. The smallest absolute Gasteiger partial charge is 0.305 e. The lowest BCUT2D eigenvalue weighted by molar-refractivity contribution is -0.137. The largest absolute Gasteiger partial charge is 0.481 e. The fourth-order valence-electron chi connectivity index (χ4n) is 2.36. The second-order valence-electron chi connectivity index (χ2n) is 5.50. The Hall–Kier alpha value is -1.41. The number of carboxylic acid groups (broad SMARTS) is 1. The summed E-state index contributed by atoms with van der Waals surface area (Å²) in [5.74, 6) is -0.275. The van der Waals surface area contributed by atoms with E-state index in [1.165, 1.54) is 17.5 Å². The molecule has 0 bridgehead atoms. The van der Waals surface area contributed by atoms with E-state index in [9.17, 15) is 13.2 Å². The Morgan fingerprint density at radius 3 is 2.67 bits per heavy atom. The second-order valence-corrected chi connectivity index (χ2v) is 7.20. The van der Waals surface area contributed by atoms with E-state index in [-0.39, 0.29) is 17.9 Å². The summed E-state index contributed by atoms with van der Waals surface area (Å²) in [6.07, 6.45) is 3.15. The molecule has 1 fully saturated rings. The zero-order chi connectivity index (χ0) is 15.6. The lowest BCUT2D eigenvalue weighted by Gasteiger charge is -2.07. The number of hydrogen-bond donors (Lipinski definition) is 2. The Bertz CT molecular complexity index is 632. The van der Waals surface area contributed by atoms with Crippen LogP contribution in [0.25, 0.3) is 0 Å². The molecule has 2 N–H and O–H groups in total. The molecule has 21 heavy (non-hydrogen) atoms. The average Bonchev–Trinajstić information content (AvgIpc) is 3.12. The zero-order valence-electron chi connectivity index (χ0n) is 12.3. The predicted octanol–water partition coefficient (Wildman–Crippen LogP) is 1.05. The van der Waals surface area contributed by atoms with Crippen molar-refractivity contribution in [3.63, 3.8) is 0 Å². The number of rotatable bonds is 8. The van der Waals surface area contributed by atoms with Crippen molar-refractivity contribution in [2.24, 2.45) is 5.92 Å². The minimum atomic E-state index is -3.59. The summed E-state index contributed by atoms with van der Waals surface area (Å²) in [5, 5.41) is 12.8. The van der Waals surface area contributed by atoms with Crippen molar-refractivity contribution in [3.05, 3.63) is 11.4 Å². The third kappa shape index (κ3) is 4.04. The molecule has 1 aromatic rings. The number of nitrogens with one attached hydrogen (secondary N) is 1. The first-order valence-electron chi connectivity index (χ1n) is 7.06. The summed E-state index contributed by atoms with van der Waals surface area (Å²) in [5.41, 5.74) is 0.879. The van der Waals surface area contributed by atoms with E-state index < -0.39 is 16.0 Å². The van der Waals surface area contributed by atoms with Crippen LogP contribution in [0, 0.1) is 19.8 Å². The summed E-state index contributed by atoms with van der Waals surface area (Å²) >= 11 is 0. The molecule has 1 saturated carbocycles. The molecular formula is C13H21N3O4S. The molecule has 0 amide bonds. The van der Waals surface area contributed by atoms with E-state index in [0.717, 1.165) is 6.42 Å². The number of hydrogen-bond acceptors (Lipinski definition) is 4. The monoisotopic (exact) mass is 315 g/mol. The fourth-order valence-corrected chi connectivity index (χ4v) is 3.82. The van der Waals surface area contributed by atoms with Crippen LogP contribution in [0.4, 0.5) is 0 Å². The summed E-state index contributed by atoms with van der Waals surface area (Å²) in [6.45, 7) is 3.88. The molecule has 0 atom stereocenters. The molecule has 7 nitrogen and oxygen atoms in total. The number of aliphatic carboxylic acids is 1. The van der Waals surface area contributed by atoms with Crippen LogP contribution in [0.3, 0.4) is 0 Å². The molecule has 0 aromatic carbocycles. The van der Waals surface area contributed by atoms with Crippen LogP contribution in [0.15, 0.2) is 4.90 Å². The van der Waals surface area contributed by atoms with Crippen molar-refractivity contribution < 1.29 is 18.3 Å². The van der Waals surface area contributed by atoms with Crippen LogP contribution < -0.4 is 4.72 Å². The number of aryl methyl sites for hydroxylation is 2. The van der Waals surface area contributed by atoms with Gasteiger partial charge in [0.25, 0.3) is 0 Å². The molecule has 0 unspecified atom stereocenters. The van der Waals surface area contributed by atoms with Gasteiger partial charge in [-0.05, 0) is 26.2 Å². The molecule has 0 radical (unpaired) electrons. The van der Waals surface area contributed by atoms with Gasteiger partial charge in [0.15, 0.2) is 0 Å². The van der Waals surface area contributed by atoms with Crippen molar-refractivity contribution in [2.45, 2.75) is 51.0 Å². The van der Waals surface area contributed by atoms with Crippen LogP contribution in [0.2, 0.25) is 0 Å². The zero-order valence-corrected chi connectivity index (χ0v) is 13.1. The van der Waals surface area contributed by atoms with Crippen LogP contribution in [0.5, 0.6) is 0 Å². The molecule has 8 heteroatoms. The quantitative estimate of drug-likeness (QED) is 0.747. The Morgan fingerprint density at radius 2 is 2.10 bits per heavy atom. The maximum atomic E-state index is 12.3. The molecule has 2 rings (SSSR count). The maximum Gasteiger partial charge on any atom is 0.305 e. The van der Waals surface area contributed by atoms with Crippen molar-refractivity contribution >= 4 is 16.0 Å². The highest BCUT2D eigenvalue weighted by Crippen LogP contribution is 2.32. The van der Waals surface area contributed by atoms with Gasteiger partial charge in [0, 0.05) is 6.54 Å². The maximum absolute atomic E-state index is 12.3. The van der Waals surface area contributed by atoms with Gasteiger partial charge in [0.05, 0.1) is 24.4 Å². The van der Waals surface area contributed by atoms with E-state index in [1.807, 2.05) is 0 Å². The Morgan fingerprint density at radius 1 is 1.43 bits per heavy atom. The standard InChI is InChI=1S/C13H21N3O4S/c1-9-13(10(2)16(15-9)8-6-12(17)18)21(19,20)14-7-5-11-3-4-11/h11,14H,3-8H2,1-2H3,(H,17,18). The highest BCUT2D eigenvalue weighted by molar-refractivity contribution is 7.89. The fraction of sp³-hybridized carbons (Fsp3) is 0.692. The molecule has 1 aliphatic rings. The van der Waals surface area contributed by atoms with Crippen molar-refractivity contribution in [2.75, 3.05) is 6.54 Å². The first-order valence-corrected chi connectivity index (χ1v) is 8.55. The van der Waals surface area contributed by atoms with Crippen molar-refractivity contribution in [1.82, 2.24) is 14.5 Å². The molecule has 0 saturated heterocycles. The average molecular weight is 315 g/mol. The van der Waals surface area contributed by atoms with Crippen molar-refractivity contribution in [3.8, 4) is 0 Å². The third-order valence-corrected chi connectivity index (χ3v) is 5.38. The van der Waals surface area contributed by atoms with Gasteiger partial charge in [-0.3, -0.25) is 9.48 Å². The van der Waals surface area contributed by atoms with E-state index >= 15 is 0 Å². The number of carbonyl (C=O) groups is 1. The van der Waals surface area contributed by atoms with Gasteiger partial charge in [-0.2, -0.15) is 5.10 Å². The van der Waals surface area contributed by atoms with Gasteiger partial charge in [-0.1, -0.05) is 12.8 Å². The summed E-state index contributed by atoms with van der Waals surface area (Å²) in [6, 6.07) is 0. The van der Waals surface area contributed by atoms with Gasteiger partial charge >= 0.3 is 5.97 Å². The molecule has 1 heterocycles. The number of sulfonamides is 1. The predicted molar refractivity (Wildman–Crippen MR) is 76.5 cm³/mol. The molecular weight excluding hydrogens is 294 g/mol. The Labute approximate surface area is 124 Å². The second kappa shape index (κ2) is 6.15. The van der Waals surface area contributed by atoms with E-state index in [4.69, 9.17) is 5.11 Å². The van der Waals surface area contributed by atoms with Gasteiger partial charge in [0.1, 0.15) is 4.90 Å². The summed E-state index contributed by atoms with van der Waals surface area (Å²) in [4.78, 5) is 10.8. The minimum Gasteiger partial charge on any atom is -0.481 e. The highest BCUT2D eigenvalue weighted by atomic mass is 32.2. The topological polar surface area (TPSA) is 101 Å². The van der Waals surface area contributed by atoms with Gasteiger partial charge in [0.2, 0.25) is 10.0 Å². The van der Waals surface area contributed by atoms with Gasteiger partial charge in [-0.25, -0.2) is 13.1 Å². The van der Waals surface area contributed by atoms with Crippen LogP contribution in [0.1, 0.15) is 37.1 Å². The van der Waals surface area contributed by atoms with Crippen molar-refractivity contribution in [1.29, 1.82) is 0 Å². The molecule has 1 aliphatic carbocycles. The van der Waals surface area contributed by atoms with E-state index in [1.54, 1.807) is 13.8 Å². The lowest BCUT2D eigenvalue weighted by atomic mass is 10.3. The molecule has 0 spiro atoms. The third-order valence-electron chi connectivity index (χ3n) is 3.66. The van der Waals surface area contributed by atoms with Crippen LogP contribution >= 0.6 is 0 Å². The Balaban J connectivity index is 2.11. The Kier molecular flexibility index (Phi) is 4.67. The van der Waals surface area contributed by atoms with E-state index in [2.05, 4.69) is 9.82 Å². The first kappa shape index (κ1) is 16.0. The van der Waals surface area contributed by atoms with Crippen LogP contribution in [-0.4, -0.2) is 35.8 Å². The minimum absolute atomic E-state index is 0.0867. The number of carboxylic acids is 1. The molecule has 118 valence electrons. The van der Waals surface area contributed by atoms with Gasteiger partial charge < -0.3 is 5.11 Å². The highest BCUT2D eigenvalue weighted by Gasteiger charge is 2.26. The molecule has 1 aromatic heterocycles. The lowest BCUT2D eigenvalue weighted by Crippen LogP contribution is -2.26. The normalized spacial score (nSPS) is 15.3. The van der Waals surface area contributed by atoms with E-state index in [0.29, 0.717) is 23.9 Å². The van der Waals surface area contributed by atoms with Crippen LogP contribution in [-0.2, 0) is 21.4 Å².